The van der Waals surface area contributed by atoms with Crippen LogP contribution in [0.25, 0.3) is 0 Å². The van der Waals surface area contributed by atoms with Gasteiger partial charge in [0.25, 0.3) is 0 Å². The summed E-state index contributed by atoms with van der Waals surface area (Å²) in [5, 5.41) is 0. The molecule has 1 aliphatic rings. The van der Waals surface area contributed by atoms with Gasteiger partial charge in [0.1, 0.15) is 11.9 Å². The lowest BCUT2D eigenvalue weighted by atomic mass is 9.89. The number of aromatic nitrogens is 1. The minimum absolute atomic E-state index is 0.193. The Balaban J connectivity index is 2.07. The van der Waals surface area contributed by atoms with Gasteiger partial charge in [0.2, 0.25) is 5.88 Å². The predicted octanol–water partition coefficient (Wildman–Crippen LogP) is 3.92. The molecule has 2 atom stereocenters. The molecular weight excluding hydrogens is 241 g/mol. The van der Waals surface area contributed by atoms with Gasteiger partial charge in [-0.05, 0) is 31.2 Å². The standard InChI is InChI=1S/C13H17ClFNO/c1-9-3-2-4-12(5-9)17-13-10(7-14)6-11(15)8-16-13/h6,8-9,12H,2-5,7H2,1H3. The molecule has 94 valence electrons. The van der Waals surface area contributed by atoms with Gasteiger partial charge in [0.15, 0.2) is 0 Å². The van der Waals surface area contributed by atoms with E-state index in [0.717, 1.165) is 12.8 Å². The number of pyridine rings is 1. The fraction of sp³-hybridized carbons (Fsp3) is 0.615. The highest BCUT2D eigenvalue weighted by Crippen LogP contribution is 2.28. The van der Waals surface area contributed by atoms with E-state index in [2.05, 4.69) is 11.9 Å². The fourth-order valence-corrected chi connectivity index (χ4v) is 2.51. The predicted molar refractivity (Wildman–Crippen MR) is 65.8 cm³/mol. The van der Waals surface area contributed by atoms with Crippen LogP contribution in [0.5, 0.6) is 5.88 Å². The number of alkyl halides is 1. The van der Waals surface area contributed by atoms with E-state index in [1.165, 1.54) is 25.1 Å². The fourth-order valence-electron chi connectivity index (χ4n) is 2.31. The first-order chi connectivity index (χ1) is 8.19. The van der Waals surface area contributed by atoms with E-state index in [9.17, 15) is 4.39 Å². The molecule has 0 bridgehead atoms. The summed E-state index contributed by atoms with van der Waals surface area (Å²) in [7, 11) is 0. The maximum absolute atomic E-state index is 13.0. The van der Waals surface area contributed by atoms with Crippen LogP contribution in [0.3, 0.4) is 0 Å². The maximum atomic E-state index is 13.0. The second kappa shape index (κ2) is 5.67. The first-order valence-corrected chi connectivity index (χ1v) is 6.59. The molecule has 17 heavy (non-hydrogen) atoms. The molecule has 1 aliphatic carbocycles. The molecule has 0 radical (unpaired) electrons. The van der Waals surface area contributed by atoms with E-state index < -0.39 is 0 Å². The lowest BCUT2D eigenvalue weighted by Crippen LogP contribution is -2.24. The number of halogens is 2. The molecule has 4 heteroatoms. The molecule has 0 aromatic carbocycles. The van der Waals surface area contributed by atoms with Crippen LogP contribution in [0.2, 0.25) is 0 Å². The molecular formula is C13H17ClFNO. The Bertz CT molecular complexity index is 386. The monoisotopic (exact) mass is 257 g/mol. The van der Waals surface area contributed by atoms with Crippen LogP contribution < -0.4 is 4.74 Å². The van der Waals surface area contributed by atoms with E-state index in [-0.39, 0.29) is 17.8 Å². The van der Waals surface area contributed by atoms with Crippen molar-refractivity contribution >= 4 is 11.6 Å². The Morgan fingerprint density at radius 3 is 3.06 bits per heavy atom. The third kappa shape index (κ3) is 3.32. The summed E-state index contributed by atoms with van der Waals surface area (Å²) in [5.74, 6) is 1.03. The van der Waals surface area contributed by atoms with Crippen molar-refractivity contribution in [1.82, 2.24) is 4.98 Å². The highest BCUT2D eigenvalue weighted by molar-refractivity contribution is 6.17. The zero-order valence-corrected chi connectivity index (χ0v) is 10.7. The zero-order valence-electron chi connectivity index (χ0n) is 9.96. The van der Waals surface area contributed by atoms with Crippen molar-refractivity contribution in [2.75, 3.05) is 0 Å². The highest BCUT2D eigenvalue weighted by Gasteiger charge is 2.21. The van der Waals surface area contributed by atoms with Crippen molar-refractivity contribution in [3.8, 4) is 5.88 Å². The molecule has 2 nitrogen and oxygen atoms in total. The Labute approximate surface area is 106 Å². The number of rotatable bonds is 3. The summed E-state index contributed by atoms with van der Waals surface area (Å²) in [4.78, 5) is 3.99. The number of hydrogen-bond acceptors (Lipinski definition) is 2. The van der Waals surface area contributed by atoms with Crippen molar-refractivity contribution in [3.63, 3.8) is 0 Å². The first kappa shape index (κ1) is 12.6. The Kier molecular flexibility index (Phi) is 4.21. The summed E-state index contributed by atoms with van der Waals surface area (Å²) >= 11 is 5.76. The summed E-state index contributed by atoms with van der Waals surface area (Å²) in [6.45, 7) is 2.23. The lowest BCUT2D eigenvalue weighted by Gasteiger charge is -2.27. The summed E-state index contributed by atoms with van der Waals surface area (Å²) < 4.78 is 18.8. The largest absolute Gasteiger partial charge is 0.474 e. The minimum atomic E-state index is -0.370. The van der Waals surface area contributed by atoms with Gasteiger partial charge in [0, 0.05) is 5.56 Å². The van der Waals surface area contributed by atoms with Gasteiger partial charge in [-0.15, -0.1) is 11.6 Å². The van der Waals surface area contributed by atoms with E-state index in [0.29, 0.717) is 17.4 Å². The average Bonchev–Trinajstić information content (AvgIpc) is 2.31. The van der Waals surface area contributed by atoms with Gasteiger partial charge in [-0.2, -0.15) is 0 Å². The molecule has 0 spiro atoms. The van der Waals surface area contributed by atoms with Crippen molar-refractivity contribution in [3.05, 3.63) is 23.6 Å². The molecule has 0 saturated heterocycles. The number of nitrogens with zero attached hydrogens (tertiary/aromatic N) is 1. The van der Waals surface area contributed by atoms with Gasteiger partial charge >= 0.3 is 0 Å². The van der Waals surface area contributed by atoms with Gasteiger partial charge in [-0.3, -0.25) is 0 Å². The number of ether oxygens (including phenoxy) is 1. The first-order valence-electron chi connectivity index (χ1n) is 6.06. The third-order valence-corrected chi connectivity index (χ3v) is 3.49. The SMILES string of the molecule is CC1CCCC(Oc2ncc(F)cc2CCl)C1. The van der Waals surface area contributed by atoms with Gasteiger partial charge < -0.3 is 4.74 Å². The van der Waals surface area contributed by atoms with Gasteiger partial charge in [-0.1, -0.05) is 13.3 Å². The summed E-state index contributed by atoms with van der Waals surface area (Å²) in [6.07, 6.45) is 5.91. The molecule has 2 unspecified atom stereocenters. The Morgan fingerprint density at radius 1 is 1.53 bits per heavy atom. The van der Waals surface area contributed by atoms with Crippen molar-refractivity contribution in [2.24, 2.45) is 5.92 Å². The van der Waals surface area contributed by atoms with Crippen LogP contribution in [-0.4, -0.2) is 11.1 Å². The van der Waals surface area contributed by atoms with E-state index in [1.54, 1.807) is 0 Å². The normalized spacial score (nSPS) is 24.6. The topological polar surface area (TPSA) is 22.1 Å². The van der Waals surface area contributed by atoms with E-state index >= 15 is 0 Å². The second-order valence-electron chi connectivity index (χ2n) is 4.76. The molecule has 0 N–H and O–H groups in total. The van der Waals surface area contributed by atoms with Gasteiger partial charge in [0.05, 0.1) is 12.1 Å². The Hall–Kier alpha value is -0.830. The van der Waals surface area contributed by atoms with Crippen LogP contribution in [-0.2, 0) is 5.88 Å². The average molecular weight is 258 g/mol. The number of hydrogen-bond donors (Lipinski definition) is 0. The van der Waals surface area contributed by atoms with E-state index in [4.69, 9.17) is 16.3 Å². The third-order valence-electron chi connectivity index (χ3n) is 3.20. The molecule has 0 amide bonds. The summed E-state index contributed by atoms with van der Waals surface area (Å²) in [6, 6.07) is 1.39. The minimum Gasteiger partial charge on any atom is -0.474 e. The van der Waals surface area contributed by atoms with Crippen LogP contribution in [0.4, 0.5) is 4.39 Å². The lowest BCUT2D eigenvalue weighted by molar-refractivity contribution is 0.122. The van der Waals surface area contributed by atoms with Gasteiger partial charge in [-0.25, -0.2) is 9.37 Å². The second-order valence-corrected chi connectivity index (χ2v) is 5.03. The highest BCUT2D eigenvalue weighted by atomic mass is 35.5. The molecule has 0 aliphatic heterocycles. The van der Waals surface area contributed by atoms with Crippen molar-refractivity contribution < 1.29 is 9.13 Å². The molecule has 2 rings (SSSR count). The molecule has 1 heterocycles. The van der Waals surface area contributed by atoms with Crippen molar-refractivity contribution in [2.45, 2.75) is 44.6 Å². The van der Waals surface area contributed by atoms with Crippen molar-refractivity contribution in [1.29, 1.82) is 0 Å². The van der Waals surface area contributed by atoms with Crippen LogP contribution in [0.15, 0.2) is 12.3 Å². The summed E-state index contributed by atoms with van der Waals surface area (Å²) in [5.41, 5.74) is 0.630. The molecule has 1 saturated carbocycles. The maximum Gasteiger partial charge on any atom is 0.218 e. The smallest absolute Gasteiger partial charge is 0.218 e. The molecule has 1 aromatic heterocycles. The zero-order chi connectivity index (χ0) is 12.3. The quantitative estimate of drug-likeness (QED) is 0.766. The Morgan fingerprint density at radius 2 is 2.35 bits per heavy atom. The van der Waals surface area contributed by atoms with E-state index in [1.807, 2.05) is 0 Å². The molecule has 1 fully saturated rings. The molecule has 1 aromatic rings. The van der Waals surface area contributed by atoms with Crippen LogP contribution in [0.1, 0.15) is 38.2 Å². The van der Waals surface area contributed by atoms with Crippen LogP contribution >= 0.6 is 11.6 Å². The van der Waals surface area contributed by atoms with Crippen LogP contribution in [0, 0.1) is 11.7 Å².